The Morgan fingerprint density at radius 3 is 2.68 bits per heavy atom. The van der Waals surface area contributed by atoms with Gasteiger partial charge in [0.15, 0.2) is 17.5 Å². The van der Waals surface area contributed by atoms with Crippen molar-refractivity contribution in [3.63, 3.8) is 0 Å². The maximum atomic E-state index is 14.2. The SMILES string of the molecule is Cn1ncnc1-c1ccn2c3c(nc2c1)CC(c1cc(F)c(F)cc1F)CC3. The van der Waals surface area contributed by atoms with Crippen molar-refractivity contribution in [1.29, 1.82) is 0 Å². The number of rotatable bonds is 2. The van der Waals surface area contributed by atoms with Crippen molar-refractivity contribution >= 4 is 5.65 Å². The van der Waals surface area contributed by atoms with E-state index in [4.69, 9.17) is 4.98 Å². The number of benzene rings is 1. The van der Waals surface area contributed by atoms with Crippen LogP contribution >= 0.6 is 0 Å². The number of pyridine rings is 1. The van der Waals surface area contributed by atoms with E-state index in [0.29, 0.717) is 25.3 Å². The summed E-state index contributed by atoms with van der Waals surface area (Å²) in [4.78, 5) is 8.97. The summed E-state index contributed by atoms with van der Waals surface area (Å²) in [5, 5.41) is 4.09. The van der Waals surface area contributed by atoms with Gasteiger partial charge in [0.2, 0.25) is 0 Å². The highest BCUT2D eigenvalue weighted by molar-refractivity contribution is 5.62. The molecule has 0 N–H and O–H groups in total. The molecule has 3 heterocycles. The van der Waals surface area contributed by atoms with Crippen LogP contribution in [0.2, 0.25) is 0 Å². The zero-order chi connectivity index (χ0) is 19.4. The first-order valence-electron chi connectivity index (χ1n) is 9.00. The Balaban J connectivity index is 1.53. The molecule has 0 spiro atoms. The molecule has 1 unspecified atom stereocenters. The smallest absolute Gasteiger partial charge is 0.161 e. The standard InChI is InChI=1S/C20H16F3N5/c1-27-20(24-10-25-27)12-4-5-28-18-3-2-11(6-17(18)26-19(28)7-12)13-8-15(22)16(23)9-14(13)21/h4-5,7-11H,2-3,6H2,1H3. The Labute approximate surface area is 158 Å². The Hall–Kier alpha value is -3.16. The fraction of sp³-hybridized carbons (Fsp3) is 0.250. The molecule has 0 radical (unpaired) electrons. The van der Waals surface area contributed by atoms with Crippen LogP contribution in [0.15, 0.2) is 36.8 Å². The van der Waals surface area contributed by atoms with Crippen LogP contribution in [-0.4, -0.2) is 24.1 Å². The number of hydrogen-bond acceptors (Lipinski definition) is 3. The molecule has 4 aromatic rings. The highest BCUT2D eigenvalue weighted by Crippen LogP contribution is 2.35. The van der Waals surface area contributed by atoms with Crippen molar-refractivity contribution in [3.05, 3.63) is 71.2 Å². The Kier molecular flexibility index (Phi) is 3.75. The molecular weight excluding hydrogens is 367 g/mol. The number of aromatic nitrogens is 5. The van der Waals surface area contributed by atoms with Crippen LogP contribution in [-0.2, 0) is 19.9 Å². The van der Waals surface area contributed by atoms with Crippen LogP contribution in [0.25, 0.3) is 17.0 Å². The molecule has 1 aromatic carbocycles. The molecule has 0 saturated carbocycles. The predicted molar refractivity (Wildman–Crippen MR) is 96.3 cm³/mol. The van der Waals surface area contributed by atoms with Crippen molar-refractivity contribution in [2.24, 2.45) is 7.05 Å². The lowest BCUT2D eigenvalue weighted by atomic mass is 9.84. The molecule has 28 heavy (non-hydrogen) atoms. The van der Waals surface area contributed by atoms with E-state index < -0.39 is 17.5 Å². The zero-order valence-electron chi connectivity index (χ0n) is 15.0. The molecular formula is C20H16F3N5. The van der Waals surface area contributed by atoms with Gasteiger partial charge in [0.1, 0.15) is 17.8 Å². The highest BCUT2D eigenvalue weighted by Gasteiger charge is 2.27. The van der Waals surface area contributed by atoms with Crippen LogP contribution in [0, 0.1) is 17.5 Å². The summed E-state index contributed by atoms with van der Waals surface area (Å²) in [6.45, 7) is 0. The van der Waals surface area contributed by atoms with Gasteiger partial charge in [0.25, 0.3) is 0 Å². The van der Waals surface area contributed by atoms with E-state index >= 15 is 0 Å². The van der Waals surface area contributed by atoms with Crippen molar-refractivity contribution in [3.8, 4) is 11.4 Å². The Bertz CT molecular complexity index is 1210. The fourth-order valence-corrected chi connectivity index (χ4v) is 4.03. The minimum Gasteiger partial charge on any atom is -0.304 e. The third-order valence-electron chi connectivity index (χ3n) is 5.43. The first kappa shape index (κ1) is 17.0. The van der Waals surface area contributed by atoms with Crippen molar-refractivity contribution in [2.75, 3.05) is 0 Å². The molecule has 142 valence electrons. The van der Waals surface area contributed by atoms with Crippen LogP contribution < -0.4 is 0 Å². The van der Waals surface area contributed by atoms with Gasteiger partial charge < -0.3 is 4.40 Å². The van der Waals surface area contributed by atoms with Gasteiger partial charge in [-0.25, -0.2) is 27.8 Å². The predicted octanol–water partition coefficient (Wildman–Crippen LogP) is 3.82. The Morgan fingerprint density at radius 2 is 1.89 bits per heavy atom. The lowest BCUT2D eigenvalue weighted by Gasteiger charge is -2.22. The van der Waals surface area contributed by atoms with Crippen LogP contribution in [0.3, 0.4) is 0 Å². The van der Waals surface area contributed by atoms with E-state index in [0.717, 1.165) is 34.5 Å². The summed E-state index contributed by atoms with van der Waals surface area (Å²) in [6, 6.07) is 5.49. The lowest BCUT2D eigenvalue weighted by Crippen LogP contribution is -2.15. The van der Waals surface area contributed by atoms with E-state index in [-0.39, 0.29) is 11.5 Å². The van der Waals surface area contributed by atoms with Crippen molar-refractivity contribution in [2.45, 2.75) is 25.2 Å². The van der Waals surface area contributed by atoms with Gasteiger partial charge in [0.05, 0.1) is 5.69 Å². The van der Waals surface area contributed by atoms with Gasteiger partial charge in [-0.2, -0.15) is 5.10 Å². The largest absolute Gasteiger partial charge is 0.304 e. The average Bonchev–Trinajstić information content (AvgIpc) is 3.26. The number of halogens is 3. The van der Waals surface area contributed by atoms with Crippen LogP contribution in [0.1, 0.15) is 29.3 Å². The van der Waals surface area contributed by atoms with Gasteiger partial charge >= 0.3 is 0 Å². The summed E-state index contributed by atoms with van der Waals surface area (Å²) in [5.41, 5.74) is 3.81. The van der Waals surface area contributed by atoms with Gasteiger partial charge in [-0.05, 0) is 48.9 Å². The fourth-order valence-electron chi connectivity index (χ4n) is 4.03. The van der Waals surface area contributed by atoms with Gasteiger partial charge in [-0.1, -0.05) is 0 Å². The lowest BCUT2D eigenvalue weighted by molar-refractivity contribution is 0.473. The summed E-state index contributed by atoms with van der Waals surface area (Å²) < 4.78 is 44.8. The third-order valence-corrected chi connectivity index (χ3v) is 5.43. The molecule has 0 saturated heterocycles. The molecule has 5 rings (SSSR count). The van der Waals surface area contributed by atoms with Crippen molar-refractivity contribution in [1.82, 2.24) is 24.1 Å². The molecule has 1 atom stereocenters. The van der Waals surface area contributed by atoms with E-state index in [1.54, 1.807) is 4.68 Å². The van der Waals surface area contributed by atoms with Gasteiger partial charge in [-0.3, -0.25) is 0 Å². The number of nitrogens with zero attached hydrogens (tertiary/aromatic N) is 5. The number of hydrogen-bond donors (Lipinski definition) is 0. The summed E-state index contributed by atoms with van der Waals surface area (Å²) in [6.07, 6.45) is 5.26. The first-order valence-corrected chi connectivity index (χ1v) is 9.00. The summed E-state index contributed by atoms with van der Waals surface area (Å²) in [7, 11) is 1.82. The normalized spacial score (nSPS) is 16.5. The second-order valence-electron chi connectivity index (χ2n) is 7.08. The average molecular weight is 383 g/mol. The molecule has 0 bridgehead atoms. The first-order chi connectivity index (χ1) is 13.5. The number of aryl methyl sites for hydroxylation is 2. The maximum absolute atomic E-state index is 14.2. The quantitative estimate of drug-likeness (QED) is 0.495. The molecule has 0 amide bonds. The topological polar surface area (TPSA) is 48.0 Å². The molecule has 8 heteroatoms. The summed E-state index contributed by atoms with van der Waals surface area (Å²) in [5.74, 6) is -2.39. The van der Waals surface area contributed by atoms with E-state index in [2.05, 4.69) is 10.1 Å². The Morgan fingerprint density at radius 1 is 1.07 bits per heavy atom. The van der Waals surface area contributed by atoms with E-state index in [1.165, 1.54) is 6.33 Å². The second kappa shape index (κ2) is 6.19. The second-order valence-corrected chi connectivity index (χ2v) is 7.08. The number of fused-ring (bicyclic) bond motifs is 3. The molecule has 1 aliphatic rings. The maximum Gasteiger partial charge on any atom is 0.161 e. The van der Waals surface area contributed by atoms with Crippen molar-refractivity contribution < 1.29 is 13.2 Å². The molecule has 0 aliphatic heterocycles. The minimum absolute atomic E-state index is 0.210. The highest BCUT2D eigenvalue weighted by atomic mass is 19.2. The molecule has 0 fully saturated rings. The molecule has 5 nitrogen and oxygen atoms in total. The monoisotopic (exact) mass is 383 g/mol. The minimum atomic E-state index is -1.17. The van der Waals surface area contributed by atoms with Gasteiger partial charge in [-0.15, -0.1) is 0 Å². The zero-order valence-corrected chi connectivity index (χ0v) is 15.0. The van der Waals surface area contributed by atoms with E-state index in [1.807, 2.05) is 29.8 Å². The third kappa shape index (κ3) is 2.59. The van der Waals surface area contributed by atoms with Crippen LogP contribution in [0.4, 0.5) is 13.2 Å². The van der Waals surface area contributed by atoms with Crippen LogP contribution in [0.5, 0.6) is 0 Å². The summed E-state index contributed by atoms with van der Waals surface area (Å²) >= 11 is 0. The van der Waals surface area contributed by atoms with Gasteiger partial charge in [0, 0.05) is 30.6 Å². The molecule has 1 aliphatic carbocycles. The number of imidazole rings is 1. The van der Waals surface area contributed by atoms with E-state index in [9.17, 15) is 13.2 Å². The molecule has 3 aromatic heterocycles.